The molecule has 0 nitrogen and oxygen atoms in total. The third kappa shape index (κ3) is 1.78. The van der Waals surface area contributed by atoms with E-state index in [1.165, 1.54) is 30.4 Å². The molecule has 0 aromatic heterocycles. The first-order chi connectivity index (χ1) is 10.0. The molecule has 0 saturated carbocycles. The second-order valence-corrected chi connectivity index (χ2v) is 10.7. The van der Waals surface area contributed by atoms with E-state index in [-0.39, 0.29) is 7.92 Å². The van der Waals surface area contributed by atoms with Crippen LogP contribution < -0.4 is 5.30 Å². The summed E-state index contributed by atoms with van der Waals surface area (Å²) >= 11 is 0. The monoisotopic (exact) mass is 294 g/mol. The highest BCUT2D eigenvalue weighted by Gasteiger charge is 2.51. The lowest BCUT2D eigenvalue weighted by Crippen LogP contribution is -2.42. The van der Waals surface area contributed by atoms with Gasteiger partial charge >= 0.3 is 0 Å². The molecule has 0 radical (unpaired) electrons. The minimum absolute atomic E-state index is 0.174. The Balaban J connectivity index is 2.07. The Morgan fingerprint density at radius 2 is 1.48 bits per heavy atom. The molecule has 2 unspecified atom stereocenters. The summed E-state index contributed by atoms with van der Waals surface area (Å²) in [4.78, 5) is 0. The highest BCUT2D eigenvalue weighted by Crippen LogP contribution is 2.72. The van der Waals surface area contributed by atoms with Crippen LogP contribution >= 0.6 is 7.92 Å². The summed E-state index contributed by atoms with van der Waals surface area (Å²) in [6, 6.07) is 18.3. The van der Waals surface area contributed by atoms with Gasteiger partial charge in [-0.15, -0.1) is 0 Å². The Labute approximate surface area is 129 Å². The minimum atomic E-state index is -0.174. The number of hydrogen-bond donors (Lipinski definition) is 0. The zero-order chi connectivity index (χ0) is 14.7. The van der Waals surface area contributed by atoms with Gasteiger partial charge in [0.25, 0.3) is 0 Å². The molecule has 1 saturated heterocycles. The molecule has 2 heterocycles. The fourth-order valence-corrected chi connectivity index (χ4v) is 9.08. The van der Waals surface area contributed by atoms with E-state index in [9.17, 15) is 0 Å². The summed E-state index contributed by atoms with van der Waals surface area (Å²) in [7, 11) is -0.174. The molecule has 0 bridgehead atoms. The van der Waals surface area contributed by atoms with E-state index in [2.05, 4.69) is 69.3 Å². The highest BCUT2D eigenvalue weighted by atomic mass is 31.1. The average molecular weight is 294 g/mol. The Bertz CT molecular complexity index is 700. The first kappa shape index (κ1) is 13.5. The van der Waals surface area contributed by atoms with Crippen molar-refractivity contribution < 1.29 is 0 Å². The Hall–Kier alpha value is -1.13. The van der Waals surface area contributed by atoms with Gasteiger partial charge in [-0.1, -0.05) is 83.6 Å². The summed E-state index contributed by atoms with van der Waals surface area (Å²) < 4.78 is 0. The van der Waals surface area contributed by atoms with Crippen LogP contribution in [0.5, 0.6) is 0 Å². The van der Waals surface area contributed by atoms with Crippen LogP contribution in [0.2, 0.25) is 0 Å². The molecule has 0 amide bonds. The fourth-order valence-electron chi connectivity index (χ4n) is 4.69. The first-order valence-corrected chi connectivity index (χ1v) is 9.37. The van der Waals surface area contributed by atoms with Gasteiger partial charge < -0.3 is 0 Å². The molecule has 2 atom stereocenters. The van der Waals surface area contributed by atoms with Crippen LogP contribution in [0.15, 0.2) is 48.5 Å². The van der Waals surface area contributed by atoms with Crippen molar-refractivity contribution in [1.82, 2.24) is 0 Å². The molecule has 4 rings (SSSR count). The van der Waals surface area contributed by atoms with Crippen LogP contribution in [0.25, 0.3) is 11.1 Å². The second kappa shape index (κ2) is 4.43. The fraction of sp³-hybridized carbons (Fsp3) is 0.400. The third-order valence-electron chi connectivity index (χ3n) is 5.49. The molecular weight excluding hydrogens is 271 g/mol. The molecule has 0 N–H and O–H groups in total. The first-order valence-electron chi connectivity index (χ1n) is 8.03. The topological polar surface area (TPSA) is 0 Å². The number of rotatable bonds is 0. The van der Waals surface area contributed by atoms with E-state index in [4.69, 9.17) is 0 Å². The van der Waals surface area contributed by atoms with Crippen molar-refractivity contribution >= 4 is 13.2 Å². The number of fused-ring (bicyclic) bond motifs is 6. The summed E-state index contributed by atoms with van der Waals surface area (Å²) in [6.45, 7) is 7.54. The van der Waals surface area contributed by atoms with Crippen LogP contribution in [0.1, 0.15) is 45.6 Å². The molecular formula is C20H23P. The van der Waals surface area contributed by atoms with Crippen LogP contribution in [0, 0.1) is 0 Å². The quantitative estimate of drug-likeness (QED) is 0.551. The van der Waals surface area contributed by atoms with Crippen molar-refractivity contribution in [3.63, 3.8) is 0 Å². The van der Waals surface area contributed by atoms with E-state index < -0.39 is 0 Å². The zero-order valence-electron chi connectivity index (χ0n) is 13.2. The van der Waals surface area contributed by atoms with E-state index in [0.29, 0.717) is 10.3 Å². The Morgan fingerprint density at radius 3 is 2.29 bits per heavy atom. The standard InChI is InChI=1S/C20H23P/c1-19(2)13-8-14-20(3)17-11-6-4-9-15(17)16-10-5-7-12-18(16)21(19)20/h4-7,9-12H,8,13-14H2,1-3H3. The summed E-state index contributed by atoms with van der Waals surface area (Å²) in [5, 5.41) is 2.42. The van der Waals surface area contributed by atoms with Gasteiger partial charge in [0.15, 0.2) is 0 Å². The molecule has 21 heavy (non-hydrogen) atoms. The van der Waals surface area contributed by atoms with Crippen molar-refractivity contribution in [1.29, 1.82) is 0 Å². The van der Waals surface area contributed by atoms with Crippen LogP contribution in [-0.2, 0) is 5.16 Å². The third-order valence-corrected chi connectivity index (χ3v) is 9.25. The van der Waals surface area contributed by atoms with Crippen LogP contribution in [0.3, 0.4) is 0 Å². The molecule has 1 fully saturated rings. The summed E-state index contributed by atoms with van der Waals surface area (Å²) in [5.41, 5.74) is 4.57. The van der Waals surface area contributed by atoms with Gasteiger partial charge in [0, 0.05) is 5.16 Å². The lowest BCUT2D eigenvalue weighted by atomic mass is 9.85. The molecule has 0 spiro atoms. The molecule has 2 aromatic carbocycles. The lowest BCUT2D eigenvalue weighted by Gasteiger charge is -2.55. The number of benzene rings is 2. The van der Waals surface area contributed by atoms with Crippen molar-refractivity contribution in [3.05, 3.63) is 54.1 Å². The lowest BCUT2D eigenvalue weighted by molar-refractivity contribution is 0.459. The maximum absolute atomic E-state index is 2.54. The van der Waals surface area contributed by atoms with Crippen molar-refractivity contribution in [3.8, 4) is 11.1 Å². The molecule has 0 aliphatic carbocycles. The van der Waals surface area contributed by atoms with Crippen molar-refractivity contribution in [2.24, 2.45) is 0 Å². The van der Waals surface area contributed by atoms with Gasteiger partial charge in [-0.05, 0) is 40.0 Å². The van der Waals surface area contributed by atoms with Gasteiger partial charge in [-0.25, -0.2) is 0 Å². The largest absolute Gasteiger partial charge is 0.0619 e. The maximum atomic E-state index is 2.54. The normalized spacial score (nSPS) is 29.2. The summed E-state index contributed by atoms with van der Waals surface area (Å²) in [6.07, 6.45) is 4.07. The highest BCUT2D eigenvalue weighted by molar-refractivity contribution is 7.68. The SMILES string of the molecule is CC1(C)CCCC2(C)c3ccccc3-c3ccccc3P12. The second-order valence-electron chi connectivity index (χ2n) is 7.34. The van der Waals surface area contributed by atoms with Crippen LogP contribution in [0.4, 0.5) is 0 Å². The smallest absolute Gasteiger partial charge is 0.0178 e. The van der Waals surface area contributed by atoms with Gasteiger partial charge in [-0.3, -0.25) is 0 Å². The van der Waals surface area contributed by atoms with E-state index >= 15 is 0 Å². The maximum Gasteiger partial charge on any atom is 0.0178 e. The van der Waals surface area contributed by atoms with Crippen LogP contribution in [-0.4, -0.2) is 5.16 Å². The Morgan fingerprint density at radius 1 is 0.810 bits per heavy atom. The molecule has 2 aliphatic rings. The average Bonchev–Trinajstić information content (AvgIpc) is 2.46. The van der Waals surface area contributed by atoms with Crippen molar-refractivity contribution in [2.75, 3.05) is 0 Å². The minimum Gasteiger partial charge on any atom is -0.0619 e. The van der Waals surface area contributed by atoms with Gasteiger partial charge in [-0.2, -0.15) is 0 Å². The predicted octanol–water partition coefficient (Wildman–Crippen LogP) is 5.65. The summed E-state index contributed by atoms with van der Waals surface area (Å²) in [5.74, 6) is 0. The molecule has 108 valence electrons. The Kier molecular flexibility index (Phi) is 2.86. The van der Waals surface area contributed by atoms with Crippen molar-refractivity contribution in [2.45, 2.75) is 50.3 Å². The van der Waals surface area contributed by atoms with Gasteiger partial charge in [0.05, 0.1) is 0 Å². The van der Waals surface area contributed by atoms with E-state index in [1.807, 2.05) is 0 Å². The zero-order valence-corrected chi connectivity index (χ0v) is 14.1. The molecule has 1 heteroatoms. The molecule has 2 aliphatic heterocycles. The predicted molar refractivity (Wildman–Crippen MR) is 93.7 cm³/mol. The van der Waals surface area contributed by atoms with Gasteiger partial charge in [0.1, 0.15) is 0 Å². The van der Waals surface area contributed by atoms with E-state index in [0.717, 1.165) is 0 Å². The molecule has 2 aromatic rings. The van der Waals surface area contributed by atoms with Gasteiger partial charge in [0.2, 0.25) is 0 Å². The van der Waals surface area contributed by atoms with E-state index in [1.54, 1.807) is 10.9 Å². The number of hydrogen-bond acceptors (Lipinski definition) is 0.